The molecule has 0 radical (unpaired) electrons. The van der Waals surface area contributed by atoms with Crippen molar-refractivity contribution in [1.82, 2.24) is 4.90 Å². The standard InChI is InChI=1S/C15H25NO/c1-5-16(11-13(2)3)12-15(4,17)14-9-7-6-8-10-14/h6-10,13,17H,5,11-12H2,1-4H3. The molecule has 1 aromatic carbocycles. The topological polar surface area (TPSA) is 23.5 Å². The van der Waals surface area contributed by atoms with Gasteiger partial charge in [-0.05, 0) is 24.9 Å². The van der Waals surface area contributed by atoms with Crippen LogP contribution in [-0.4, -0.2) is 29.6 Å². The summed E-state index contributed by atoms with van der Waals surface area (Å²) in [7, 11) is 0. The van der Waals surface area contributed by atoms with Crippen molar-refractivity contribution in [2.45, 2.75) is 33.3 Å². The number of likely N-dealkylation sites (N-methyl/N-ethyl adjacent to an activating group) is 1. The van der Waals surface area contributed by atoms with Crippen LogP contribution in [0.5, 0.6) is 0 Å². The zero-order valence-electron chi connectivity index (χ0n) is 11.5. The molecule has 0 spiro atoms. The van der Waals surface area contributed by atoms with Gasteiger partial charge in [-0.15, -0.1) is 0 Å². The first-order chi connectivity index (χ1) is 7.95. The predicted octanol–water partition coefficient (Wildman–Crippen LogP) is 2.87. The summed E-state index contributed by atoms with van der Waals surface area (Å²) in [5.74, 6) is 0.626. The molecule has 0 fully saturated rings. The van der Waals surface area contributed by atoms with Crippen molar-refractivity contribution < 1.29 is 5.11 Å². The molecule has 2 heteroatoms. The highest BCUT2D eigenvalue weighted by molar-refractivity contribution is 5.21. The van der Waals surface area contributed by atoms with E-state index in [0.717, 1.165) is 18.7 Å². The molecular weight excluding hydrogens is 210 g/mol. The SMILES string of the molecule is CCN(CC(C)C)CC(C)(O)c1ccccc1. The lowest BCUT2D eigenvalue weighted by Gasteiger charge is -2.32. The number of rotatable bonds is 6. The van der Waals surface area contributed by atoms with Crippen molar-refractivity contribution >= 4 is 0 Å². The predicted molar refractivity (Wildman–Crippen MR) is 73.0 cm³/mol. The monoisotopic (exact) mass is 235 g/mol. The summed E-state index contributed by atoms with van der Waals surface area (Å²) in [6.45, 7) is 11.1. The molecule has 0 amide bonds. The average Bonchev–Trinajstić information content (AvgIpc) is 2.28. The van der Waals surface area contributed by atoms with E-state index in [1.807, 2.05) is 37.3 Å². The van der Waals surface area contributed by atoms with Gasteiger partial charge in [0.15, 0.2) is 0 Å². The van der Waals surface area contributed by atoms with E-state index in [0.29, 0.717) is 12.5 Å². The van der Waals surface area contributed by atoms with E-state index in [1.165, 1.54) is 0 Å². The van der Waals surface area contributed by atoms with Crippen molar-refractivity contribution in [3.63, 3.8) is 0 Å². The maximum Gasteiger partial charge on any atom is 0.0994 e. The molecule has 0 aliphatic carbocycles. The van der Waals surface area contributed by atoms with Crippen LogP contribution >= 0.6 is 0 Å². The van der Waals surface area contributed by atoms with Gasteiger partial charge in [-0.25, -0.2) is 0 Å². The van der Waals surface area contributed by atoms with E-state index in [-0.39, 0.29) is 0 Å². The molecule has 0 aliphatic rings. The Kier molecular flexibility index (Phi) is 5.16. The Balaban J connectivity index is 2.71. The van der Waals surface area contributed by atoms with Gasteiger partial charge >= 0.3 is 0 Å². The lowest BCUT2D eigenvalue weighted by molar-refractivity contribution is 0.0142. The fraction of sp³-hybridized carbons (Fsp3) is 0.600. The highest BCUT2D eigenvalue weighted by Gasteiger charge is 2.25. The van der Waals surface area contributed by atoms with Gasteiger partial charge in [-0.3, -0.25) is 0 Å². The van der Waals surface area contributed by atoms with Crippen LogP contribution in [0.1, 0.15) is 33.3 Å². The first kappa shape index (κ1) is 14.2. The zero-order chi connectivity index (χ0) is 12.9. The Morgan fingerprint density at radius 2 is 1.82 bits per heavy atom. The summed E-state index contributed by atoms with van der Waals surface area (Å²) in [5, 5.41) is 10.6. The minimum absolute atomic E-state index is 0.626. The molecule has 2 nitrogen and oxygen atoms in total. The summed E-state index contributed by atoms with van der Waals surface area (Å²) in [6.07, 6.45) is 0. The molecule has 0 saturated carbocycles. The number of hydrogen-bond donors (Lipinski definition) is 1. The lowest BCUT2D eigenvalue weighted by Crippen LogP contribution is -2.40. The Hall–Kier alpha value is -0.860. The molecule has 1 unspecified atom stereocenters. The molecule has 96 valence electrons. The molecule has 0 saturated heterocycles. The zero-order valence-corrected chi connectivity index (χ0v) is 11.5. The minimum atomic E-state index is -0.772. The third-order valence-electron chi connectivity index (χ3n) is 3.00. The van der Waals surface area contributed by atoms with Crippen LogP contribution in [0.15, 0.2) is 30.3 Å². The van der Waals surface area contributed by atoms with Crippen molar-refractivity contribution in [2.75, 3.05) is 19.6 Å². The molecule has 1 aromatic rings. The Morgan fingerprint density at radius 1 is 1.24 bits per heavy atom. The lowest BCUT2D eigenvalue weighted by atomic mass is 9.95. The molecule has 0 heterocycles. The van der Waals surface area contributed by atoms with Crippen molar-refractivity contribution in [3.8, 4) is 0 Å². The van der Waals surface area contributed by atoms with E-state index in [4.69, 9.17) is 0 Å². The van der Waals surface area contributed by atoms with Crippen LogP contribution in [0.3, 0.4) is 0 Å². The normalized spacial score (nSPS) is 15.2. The summed E-state index contributed by atoms with van der Waals surface area (Å²) in [4.78, 5) is 2.30. The largest absolute Gasteiger partial charge is 0.384 e. The van der Waals surface area contributed by atoms with Crippen LogP contribution in [0.4, 0.5) is 0 Å². The smallest absolute Gasteiger partial charge is 0.0994 e. The molecule has 17 heavy (non-hydrogen) atoms. The van der Waals surface area contributed by atoms with Gasteiger partial charge < -0.3 is 10.0 Å². The third-order valence-corrected chi connectivity index (χ3v) is 3.00. The summed E-state index contributed by atoms with van der Waals surface area (Å²) in [6, 6.07) is 9.91. The van der Waals surface area contributed by atoms with Gasteiger partial charge in [0, 0.05) is 13.1 Å². The van der Waals surface area contributed by atoms with E-state index < -0.39 is 5.60 Å². The maximum absolute atomic E-state index is 10.6. The Morgan fingerprint density at radius 3 is 2.29 bits per heavy atom. The van der Waals surface area contributed by atoms with Gasteiger partial charge in [0.05, 0.1) is 5.60 Å². The second-order valence-corrected chi connectivity index (χ2v) is 5.36. The molecule has 0 aromatic heterocycles. The van der Waals surface area contributed by atoms with E-state index in [1.54, 1.807) is 0 Å². The third kappa shape index (κ3) is 4.49. The molecule has 0 bridgehead atoms. The quantitative estimate of drug-likeness (QED) is 0.819. The first-order valence-corrected chi connectivity index (χ1v) is 6.46. The summed E-state index contributed by atoms with van der Waals surface area (Å²) in [5.41, 5.74) is 0.216. The van der Waals surface area contributed by atoms with Crippen LogP contribution in [0.25, 0.3) is 0 Å². The van der Waals surface area contributed by atoms with Crippen LogP contribution < -0.4 is 0 Å². The van der Waals surface area contributed by atoms with Crippen LogP contribution in [-0.2, 0) is 5.60 Å². The fourth-order valence-electron chi connectivity index (χ4n) is 2.15. The molecule has 1 N–H and O–H groups in total. The van der Waals surface area contributed by atoms with Gasteiger partial charge in [-0.1, -0.05) is 51.1 Å². The number of benzene rings is 1. The van der Waals surface area contributed by atoms with Gasteiger partial charge in [-0.2, -0.15) is 0 Å². The van der Waals surface area contributed by atoms with Crippen molar-refractivity contribution in [3.05, 3.63) is 35.9 Å². The molecule has 0 aliphatic heterocycles. The molecule has 1 rings (SSSR count). The van der Waals surface area contributed by atoms with Crippen LogP contribution in [0.2, 0.25) is 0 Å². The Labute approximate surface area is 105 Å². The second kappa shape index (κ2) is 6.18. The summed E-state index contributed by atoms with van der Waals surface area (Å²) < 4.78 is 0. The van der Waals surface area contributed by atoms with Gasteiger partial charge in [0.1, 0.15) is 0 Å². The highest BCUT2D eigenvalue weighted by atomic mass is 16.3. The molecule has 1 atom stereocenters. The maximum atomic E-state index is 10.6. The van der Waals surface area contributed by atoms with E-state index >= 15 is 0 Å². The van der Waals surface area contributed by atoms with E-state index in [9.17, 15) is 5.11 Å². The van der Waals surface area contributed by atoms with Gasteiger partial charge in [0.2, 0.25) is 0 Å². The fourth-order valence-corrected chi connectivity index (χ4v) is 2.15. The number of aliphatic hydroxyl groups is 1. The minimum Gasteiger partial charge on any atom is -0.384 e. The molecular formula is C15H25NO. The summed E-state index contributed by atoms with van der Waals surface area (Å²) >= 11 is 0. The highest BCUT2D eigenvalue weighted by Crippen LogP contribution is 2.21. The Bertz CT molecular complexity index is 319. The van der Waals surface area contributed by atoms with Crippen molar-refractivity contribution in [1.29, 1.82) is 0 Å². The van der Waals surface area contributed by atoms with Crippen molar-refractivity contribution in [2.24, 2.45) is 5.92 Å². The second-order valence-electron chi connectivity index (χ2n) is 5.36. The number of hydrogen-bond acceptors (Lipinski definition) is 2. The van der Waals surface area contributed by atoms with Crippen LogP contribution in [0, 0.1) is 5.92 Å². The van der Waals surface area contributed by atoms with E-state index in [2.05, 4.69) is 25.7 Å². The average molecular weight is 235 g/mol. The first-order valence-electron chi connectivity index (χ1n) is 6.46. The number of nitrogens with zero attached hydrogens (tertiary/aromatic N) is 1. The van der Waals surface area contributed by atoms with Gasteiger partial charge in [0.25, 0.3) is 0 Å².